The van der Waals surface area contributed by atoms with Crippen LogP contribution in [-0.2, 0) is 101 Å². The van der Waals surface area contributed by atoms with E-state index in [9.17, 15) is 116 Å². The van der Waals surface area contributed by atoms with Gasteiger partial charge in [0.15, 0.2) is 11.9 Å². The fraction of sp³-hybridized carbons (Fsp3) is 0.681. The quantitative estimate of drug-likeness (QED) is 0.0153. The van der Waals surface area contributed by atoms with Crippen LogP contribution in [0.2, 0.25) is 0 Å². The van der Waals surface area contributed by atoms with E-state index in [4.69, 9.17) is 45.2 Å². The Hall–Kier alpha value is -12.6. The second-order valence-electron chi connectivity index (χ2n) is 29.5. The molecule has 0 aromatic rings. The van der Waals surface area contributed by atoms with E-state index in [1.165, 1.54) is 13.8 Å². The molecule has 0 saturated heterocycles. The second-order valence-corrected chi connectivity index (χ2v) is 29.5. The van der Waals surface area contributed by atoms with Crippen LogP contribution in [0.5, 0.6) is 0 Å². The number of nitrogens with two attached hydrogens (primary N) is 6. The summed E-state index contributed by atoms with van der Waals surface area (Å²) in [7, 11) is 0. The summed E-state index contributed by atoms with van der Waals surface area (Å²) in [4.78, 5) is 278. The molecule has 121 heavy (non-hydrogen) atoms. The van der Waals surface area contributed by atoms with Crippen LogP contribution in [-0.4, -0.2) is 263 Å². The largest absolute Gasteiger partial charge is 0.481 e. The lowest BCUT2D eigenvalue weighted by Gasteiger charge is -2.29. The standard InChI is InChI=1S/C72H125N25O24/c1-11-14-17-38(59(109)83-31-52(103)88-45(28-53(104)105)65(115)93-46(29-54(106)107)66(116)97-57(36(9)13-3)69(119)94-44(27-49(76)100)64(114)91-42(70(120)121)19-16-25-82-72(79)80)90-68(118)56(35(8)12-2)96-58(108)37(10)85-63(113)43(26-33(4)5)92-61(111)41(21-23-48(75)99)89-60(110)39(18-15-24-81-71(77)78)87-51(102)32-84-67(117)55(34(6)7)95-62(112)40(20-22-47(74)98)86-50(101)30-73/h33-46,55-57H,11-32,73H2,1-10H3,(H2,74,98)(H2,75,99)(H2,76,100)(H,83,109)(H,84,117)(H,85,113)(H,86,101)(H,87,102)(H,88,103)(H,89,110)(H,90,118)(H,91,114)(H,92,111)(H,93,115)(H,94,119)(H,95,112)(H,96,108)(H,97,116)(H,104,105)(H,106,107)(H,120,121)(H4,77,78,81)(H4,79,80,82)/t35-,36-,37-,38-,39-,40-,41-,42-,43-,44-,45-,46-,55-,56-,57-/m0/s1. The van der Waals surface area contributed by atoms with Gasteiger partial charge in [0.05, 0.1) is 38.9 Å². The van der Waals surface area contributed by atoms with Crippen molar-refractivity contribution in [1.82, 2.24) is 90.4 Å². The normalized spacial score (nSPS) is 14.7. The molecule has 49 heteroatoms. The number of aliphatic carboxylic acids is 3. The van der Waals surface area contributed by atoms with Gasteiger partial charge in [-0.3, -0.25) is 107 Å². The summed E-state index contributed by atoms with van der Waals surface area (Å²) in [5.74, 6) is -27.1. The molecule has 0 rings (SSSR count). The van der Waals surface area contributed by atoms with Crippen LogP contribution in [0, 0.1) is 34.5 Å². The fourth-order valence-electron chi connectivity index (χ4n) is 11.3. The molecule has 0 saturated carbocycles. The Kier molecular flexibility index (Phi) is 50.8. The number of carbonyl (C=O) groups excluding carboxylic acids is 18. The topological polar surface area (TPSA) is 827 Å². The van der Waals surface area contributed by atoms with Gasteiger partial charge in [-0.2, -0.15) is 0 Å². The zero-order valence-electron chi connectivity index (χ0n) is 69.8. The first kappa shape index (κ1) is 108. The van der Waals surface area contributed by atoms with Crippen LogP contribution >= 0.6 is 0 Å². The molecule has 15 atom stereocenters. The summed E-state index contributed by atoms with van der Waals surface area (Å²) in [6.07, 6.45) is -4.33. The molecule has 0 aliphatic heterocycles. The minimum atomic E-state index is -2.13. The van der Waals surface area contributed by atoms with Gasteiger partial charge >= 0.3 is 17.9 Å². The van der Waals surface area contributed by atoms with Crippen molar-refractivity contribution in [3.63, 3.8) is 0 Å². The minimum Gasteiger partial charge on any atom is -0.481 e. The predicted octanol–water partition coefficient (Wildman–Crippen LogP) is -9.55. The first-order valence-corrected chi connectivity index (χ1v) is 39.4. The van der Waals surface area contributed by atoms with Crippen molar-refractivity contribution in [2.24, 2.45) is 58.1 Å². The number of rotatable bonds is 61. The van der Waals surface area contributed by atoms with Gasteiger partial charge in [0.25, 0.3) is 0 Å². The van der Waals surface area contributed by atoms with Gasteiger partial charge in [-0.05, 0) is 82.0 Å². The number of hydrogen-bond donors (Lipinski definition) is 28. The third kappa shape index (κ3) is 44.7. The summed E-state index contributed by atoms with van der Waals surface area (Å²) in [6, 6.07) is -21.1. The van der Waals surface area contributed by atoms with E-state index in [1.807, 2.05) is 5.32 Å². The van der Waals surface area contributed by atoms with Crippen molar-refractivity contribution >= 4 is 136 Å². The predicted molar refractivity (Wildman–Crippen MR) is 430 cm³/mol. The first-order chi connectivity index (χ1) is 56.5. The van der Waals surface area contributed by atoms with Gasteiger partial charge in [0.2, 0.25) is 106 Å². The Bertz CT molecular complexity index is 3640. The molecular weight excluding hydrogens is 1600 g/mol. The molecule has 682 valence electrons. The molecule has 0 bridgehead atoms. The highest BCUT2D eigenvalue weighted by Gasteiger charge is 2.39. The molecule has 0 aromatic carbocycles. The van der Waals surface area contributed by atoms with Crippen LogP contribution in [0.25, 0.3) is 0 Å². The van der Waals surface area contributed by atoms with E-state index in [-0.39, 0.29) is 89.6 Å². The molecule has 0 unspecified atom stereocenters. The molecule has 34 N–H and O–H groups in total. The summed E-state index contributed by atoms with van der Waals surface area (Å²) in [6.45, 7) is 13.4. The van der Waals surface area contributed by atoms with E-state index >= 15 is 0 Å². The lowest BCUT2D eigenvalue weighted by Crippen LogP contribution is -2.61. The van der Waals surface area contributed by atoms with Gasteiger partial charge in [-0.1, -0.05) is 88.0 Å². The zero-order chi connectivity index (χ0) is 92.7. The van der Waals surface area contributed by atoms with Gasteiger partial charge in [0, 0.05) is 25.9 Å². The van der Waals surface area contributed by atoms with Crippen LogP contribution < -0.4 is 125 Å². The monoisotopic (exact) mass is 1720 g/mol. The maximum absolute atomic E-state index is 14.3. The van der Waals surface area contributed by atoms with Gasteiger partial charge < -0.3 is 140 Å². The first-order valence-electron chi connectivity index (χ1n) is 39.4. The number of amides is 18. The Morgan fingerprint density at radius 1 is 0.331 bits per heavy atom. The molecule has 0 heterocycles. The number of guanidine groups is 2. The summed E-state index contributed by atoms with van der Waals surface area (Å²) < 4.78 is 0. The molecule has 0 aromatic heterocycles. The lowest BCUT2D eigenvalue weighted by molar-refractivity contribution is -0.143. The van der Waals surface area contributed by atoms with Crippen LogP contribution in [0.1, 0.15) is 178 Å². The van der Waals surface area contributed by atoms with E-state index in [2.05, 4.69) is 85.1 Å². The lowest BCUT2D eigenvalue weighted by atomic mass is 9.97. The van der Waals surface area contributed by atoms with Crippen molar-refractivity contribution in [2.75, 3.05) is 32.7 Å². The fourth-order valence-corrected chi connectivity index (χ4v) is 11.3. The maximum Gasteiger partial charge on any atom is 0.326 e. The SMILES string of the molecule is CCCC[C@H](NC(=O)[C@@H](NC(=O)[C@H](C)NC(=O)[C@H](CC(C)C)NC(=O)[C@H](CCC(N)=O)NC(=O)[C@H](CCCNC(=N)N)NC(=O)CNC(=O)[C@@H](NC(=O)[C@H](CCC(N)=O)NC(=O)CN)C(C)C)[C@@H](C)CC)C(=O)NCC(=O)N[C@@H](CC(=O)O)C(=O)N[C@@H](CC(=O)O)C(=O)N[C@H](C(=O)N[C@@H](CC(N)=O)C(=O)N[C@@H](CCCNC(=N)N)C(=O)O)[C@@H](C)CC. The molecular formula is C72H125N25O24. The van der Waals surface area contributed by atoms with Crippen molar-refractivity contribution in [3.05, 3.63) is 0 Å². The van der Waals surface area contributed by atoms with Gasteiger partial charge in [0.1, 0.15) is 78.5 Å². The Labute approximate surface area is 698 Å². The summed E-state index contributed by atoms with van der Waals surface area (Å²) >= 11 is 0. The summed E-state index contributed by atoms with van der Waals surface area (Å²) in [5, 5.41) is 84.5. The number of carboxylic acids is 3. The number of nitrogens with one attached hydrogen (secondary N) is 19. The number of primary amides is 3. The van der Waals surface area contributed by atoms with Crippen LogP contribution in [0.15, 0.2) is 0 Å². The molecule has 0 aliphatic rings. The highest BCUT2D eigenvalue weighted by molar-refractivity contribution is 6.02. The number of hydrogen-bond acceptors (Lipinski definition) is 24. The smallest absolute Gasteiger partial charge is 0.326 e. The molecule has 0 aliphatic carbocycles. The van der Waals surface area contributed by atoms with Crippen molar-refractivity contribution in [2.45, 2.75) is 257 Å². The Balaban J connectivity index is 6.73. The highest BCUT2D eigenvalue weighted by atomic mass is 16.4. The van der Waals surface area contributed by atoms with E-state index in [1.54, 1.807) is 55.4 Å². The third-order valence-electron chi connectivity index (χ3n) is 18.4. The molecule has 49 nitrogen and oxygen atoms in total. The maximum atomic E-state index is 14.3. The van der Waals surface area contributed by atoms with Gasteiger partial charge in [-0.15, -0.1) is 0 Å². The highest BCUT2D eigenvalue weighted by Crippen LogP contribution is 2.16. The Morgan fingerprint density at radius 3 is 1.10 bits per heavy atom. The number of carbonyl (C=O) groups is 21. The van der Waals surface area contributed by atoms with Crippen LogP contribution in [0.3, 0.4) is 0 Å². The number of carboxylic acid groups (broad SMARTS) is 3. The molecule has 0 radical (unpaired) electrons. The minimum absolute atomic E-state index is 0.00464. The van der Waals surface area contributed by atoms with Crippen LogP contribution in [0.4, 0.5) is 0 Å². The molecule has 0 spiro atoms. The van der Waals surface area contributed by atoms with Crippen molar-refractivity contribution in [3.8, 4) is 0 Å². The van der Waals surface area contributed by atoms with E-state index in [0.717, 1.165) is 0 Å². The van der Waals surface area contributed by atoms with Crippen molar-refractivity contribution < 1.29 is 116 Å². The third-order valence-corrected chi connectivity index (χ3v) is 18.4. The average Bonchev–Trinajstić information content (AvgIpc) is 0.858. The van der Waals surface area contributed by atoms with Gasteiger partial charge in [-0.25, -0.2) is 4.79 Å². The molecule has 0 fully saturated rings. The molecule has 18 amide bonds. The second kappa shape index (κ2) is 56.7. The van der Waals surface area contributed by atoms with E-state index in [0.29, 0.717) is 6.42 Å². The van der Waals surface area contributed by atoms with E-state index < -0.39 is 284 Å². The average molecular weight is 1720 g/mol. The van der Waals surface area contributed by atoms with Crippen molar-refractivity contribution in [1.29, 1.82) is 10.8 Å². The summed E-state index contributed by atoms with van der Waals surface area (Å²) in [5.41, 5.74) is 32.1. The Morgan fingerprint density at radius 2 is 0.669 bits per heavy atom. The number of unbranched alkanes of at least 4 members (excludes halogenated alkanes) is 1. The zero-order valence-corrected chi connectivity index (χ0v) is 69.8.